The number of carboxylic acid groups (broad SMARTS) is 1. The van der Waals surface area contributed by atoms with E-state index in [1.807, 2.05) is 0 Å². The molecule has 92 valence electrons. The van der Waals surface area contributed by atoms with Crippen LogP contribution >= 0.6 is 11.6 Å². The van der Waals surface area contributed by atoms with E-state index in [-0.39, 0.29) is 16.3 Å². The number of ether oxygens (including phenoxy) is 2. The van der Waals surface area contributed by atoms with E-state index < -0.39 is 11.8 Å². The van der Waals surface area contributed by atoms with Gasteiger partial charge in [-0.25, -0.2) is 4.79 Å². The minimum absolute atomic E-state index is 0.0863. The number of halogens is 2. The van der Waals surface area contributed by atoms with Gasteiger partial charge in [0.2, 0.25) is 5.83 Å². The predicted octanol–water partition coefficient (Wildman–Crippen LogP) is 2.75. The highest BCUT2D eigenvalue weighted by atomic mass is 35.5. The van der Waals surface area contributed by atoms with Crippen LogP contribution in [0.3, 0.4) is 0 Å². The van der Waals surface area contributed by atoms with Gasteiger partial charge >= 0.3 is 5.97 Å². The molecule has 1 rings (SSSR count). The summed E-state index contributed by atoms with van der Waals surface area (Å²) in [6.45, 7) is 0. The van der Waals surface area contributed by atoms with Gasteiger partial charge in [-0.15, -0.1) is 0 Å². The summed E-state index contributed by atoms with van der Waals surface area (Å²) < 4.78 is 22.9. The summed E-state index contributed by atoms with van der Waals surface area (Å²) in [6.07, 6.45) is 0.812. The van der Waals surface area contributed by atoms with E-state index in [2.05, 4.69) is 0 Å². The maximum Gasteiger partial charge on any atom is 0.364 e. The molecule has 17 heavy (non-hydrogen) atoms. The van der Waals surface area contributed by atoms with Gasteiger partial charge in [0.05, 0.1) is 19.2 Å². The summed E-state index contributed by atoms with van der Waals surface area (Å²) in [7, 11) is 2.81. The smallest absolute Gasteiger partial charge is 0.364 e. The zero-order chi connectivity index (χ0) is 13.0. The Hall–Kier alpha value is -1.75. The van der Waals surface area contributed by atoms with Crippen LogP contribution in [0.25, 0.3) is 6.08 Å². The summed E-state index contributed by atoms with van der Waals surface area (Å²) in [6, 6.07) is 2.94. The predicted molar refractivity (Wildman–Crippen MR) is 61.3 cm³/mol. The fourth-order valence-electron chi connectivity index (χ4n) is 1.21. The SMILES string of the molecule is COc1ccc(C=C(F)C(=O)O)c(Cl)c1OC. The lowest BCUT2D eigenvalue weighted by Crippen LogP contribution is -1.96. The summed E-state index contributed by atoms with van der Waals surface area (Å²) in [4.78, 5) is 10.4. The van der Waals surface area contributed by atoms with Crippen molar-refractivity contribution < 1.29 is 23.8 Å². The molecule has 0 aliphatic carbocycles. The fraction of sp³-hybridized carbons (Fsp3) is 0.182. The molecule has 0 spiro atoms. The van der Waals surface area contributed by atoms with E-state index in [9.17, 15) is 9.18 Å². The van der Waals surface area contributed by atoms with Crippen molar-refractivity contribution in [2.75, 3.05) is 14.2 Å². The number of carboxylic acids is 1. The summed E-state index contributed by atoms with van der Waals surface area (Å²) in [5, 5.41) is 8.51. The van der Waals surface area contributed by atoms with E-state index >= 15 is 0 Å². The number of rotatable bonds is 4. The highest BCUT2D eigenvalue weighted by Crippen LogP contribution is 2.38. The molecule has 0 atom stereocenters. The maximum absolute atomic E-state index is 12.9. The molecule has 6 heteroatoms. The Morgan fingerprint density at radius 3 is 2.53 bits per heavy atom. The topological polar surface area (TPSA) is 55.8 Å². The summed E-state index contributed by atoms with van der Waals surface area (Å²) in [5.41, 5.74) is 0.198. The third kappa shape index (κ3) is 2.88. The van der Waals surface area contributed by atoms with Crippen LogP contribution in [0.2, 0.25) is 5.02 Å². The molecule has 0 amide bonds. The van der Waals surface area contributed by atoms with Crippen LogP contribution < -0.4 is 9.47 Å². The lowest BCUT2D eigenvalue weighted by atomic mass is 10.1. The van der Waals surface area contributed by atoms with Crippen molar-refractivity contribution in [2.24, 2.45) is 0 Å². The van der Waals surface area contributed by atoms with Crippen LogP contribution in [0.1, 0.15) is 5.56 Å². The molecule has 0 bridgehead atoms. The van der Waals surface area contributed by atoms with Crippen molar-refractivity contribution in [1.29, 1.82) is 0 Å². The zero-order valence-corrected chi connectivity index (χ0v) is 9.92. The Balaban J connectivity index is 3.29. The molecule has 4 nitrogen and oxygen atoms in total. The van der Waals surface area contributed by atoms with E-state index in [1.54, 1.807) is 0 Å². The van der Waals surface area contributed by atoms with E-state index in [1.165, 1.54) is 26.4 Å². The molecule has 0 saturated heterocycles. The molecule has 0 aliphatic heterocycles. The molecule has 1 N–H and O–H groups in total. The van der Waals surface area contributed by atoms with Gasteiger partial charge < -0.3 is 14.6 Å². The second kappa shape index (κ2) is 5.54. The van der Waals surface area contributed by atoms with Crippen molar-refractivity contribution in [3.63, 3.8) is 0 Å². The van der Waals surface area contributed by atoms with E-state index in [0.29, 0.717) is 5.75 Å². The minimum Gasteiger partial charge on any atom is -0.493 e. The molecule has 1 aromatic carbocycles. The molecule has 0 fully saturated rings. The Morgan fingerprint density at radius 2 is 2.06 bits per heavy atom. The van der Waals surface area contributed by atoms with Gasteiger partial charge in [0.15, 0.2) is 11.5 Å². The second-order valence-electron chi connectivity index (χ2n) is 3.00. The third-order valence-corrected chi connectivity index (χ3v) is 2.39. The molecular formula is C11H10ClFO4. The van der Waals surface area contributed by atoms with Crippen LogP contribution in [-0.4, -0.2) is 25.3 Å². The van der Waals surface area contributed by atoms with Gasteiger partial charge in [0, 0.05) is 5.56 Å². The van der Waals surface area contributed by atoms with Crippen LogP contribution in [0.4, 0.5) is 4.39 Å². The normalized spacial score (nSPS) is 11.2. The highest BCUT2D eigenvalue weighted by Gasteiger charge is 2.14. The second-order valence-corrected chi connectivity index (χ2v) is 3.38. The zero-order valence-electron chi connectivity index (χ0n) is 9.16. The first kappa shape index (κ1) is 13.3. The van der Waals surface area contributed by atoms with Gasteiger partial charge in [-0.3, -0.25) is 0 Å². The van der Waals surface area contributed by atoms with Gasteiger partial charge in [0.25, 0.3) is 0 Å². The molecule has 0 unspecified atom stereocenters. The van der Waals surface area contributed by atoms with Crippen molar-refractivity contribution in [2.45, 2.75) is 0 Å². The number of hydrogen-bond donors (Lipinski definition) is 1. The van der Waals surface area contributed by atoms with Crippen LogP contribution in [0.5, 0.6) is 11.5 Å². The first-order valence-corrected chi connectivity index (χ1v) is 4.90. The quantitative estimate of drug-likeness (QED) is 0.846. The monoisotopic (exact) mass is 260 g/mol. The van der Waals surface area contributed by atoms with Gasteiger partial charge in [-0.2, -0.15) is 4.39 Å². The number of carbonyl (C=O) groups is 1. The van der Waals surface area contributed by atoms with Crippen molar-refractivity contribution >= 4 is 23.6 Å². The highest BCUT2D eigenvalue weighted by molar-refractivity contribution is 6.33. The third-order valence-electron chi connectivity index (χ3n) is 2.00. The molecule has 0 heterocycles. The van der Waals surface area contributed by atoms with Crippen LogP contribution in [0, 0.1) is 0 Å². The lowest BCUT2D eigenvalue weighted by molar-refractivity contribution is -0.134. The fourth-order valence-corrected chi connectivity index (χ4v) is 1.50. The Bertz CT molecular complexity index is 471. The Morgan fingerprint density at radius 1 is 1.41 bits per heavy atom. The first-order chi connectivity index (χ1) is 8.01. The minimum atomic E-state index is -1.66. The molecule has 1 aromatic rings. The average Bonchev–Trinajstić information content (AvgIpc) is 2.31. The molecule has 0 aromatic heterocycles. The Labute approximate surface area is 102 Å². The van der Waals surface area contributed by atoms with Crippen molar-refractivity contribution in [3.8, 4) is 11.5 Å². The van der Waals surface area contributed by atoms with Crippen molar-refractivity contribution in [3.05, 3.63) is 28.5 Å². The molecule has 0 saturated carbocycles. The Kier molecular flexibility index (Phi) is 4.34. The average molecular weight is 261 g/mol. The largest absolute Gasteiger partial charge is 0.493 e. The van der Waals surface area contributed by atoms with Crippen LogP contribution in [-0.2, 0) is 4.79 Å². The number of aliphatic carboxylic acids is 1. The standard InChI is InChI=1S/C11H10ClFO4/c1-16-8-4-3-6(5-7(13)11(14)15)9(12)10(8)17-2/h3-5H,1-2H3,(H,14,15). The lowest BCUT2D eigenvalue weighted by Gasteiger charge is -2.10. The van der Waals surface area contributed by atoms with E-state index in [4.69, 9.17) is 26.2 Å². The molecule has 0 aliphatic rings. The summed E-state index contributed by atoms with van der Waals surface area (Å²) in [5.74, 6) is -2.36. The van der Waals surface area contributed by atoms with E-state index in [0.717, 1.165) is 6.08 Å². The number of methoxy groups -OCH3 is 2. The molecular weight excluding hydrogens is 251 g/mol. The van der Waals surface area contributed by atoms with Crippen molar-refractivity contribution in [1.82, 2.24) is 0 Å². The summed E-state index contributed by atoms with van der Waals surface area (Å²) >= 11 is 5.93. The molecule has 0 radical (unpaired) electrons. The maximum atomic E-state index is 12.9. The van der Waals surface area contributed by atoms with Gasteiger partial charge in [-0.05, 0) is 18.2 Å². The number of benzene rings is 1. The van der Waals surface area contributed by atoms with Gasteiger partial charge in [-0.1, -0.05) is 11.6 Å². The first-order valence-electron chi connectivity index (χ1n) is 4.52. The number of hydrogen-bond acceptors (Lipinski definition) is 3. The van der Waals surface area contributed by atoms with Crippen LogP contribution in [0.15, 0.2) is 18.0 Å². The van der Waals surface area contributed by atoms with Gasteiger partial charge in [0.1, 0.15) is 0 Å².